The number of carbonyl (C=O) groups excluding carboxylic acids is 3. The number of benzene rings is 2. The number of imidazole rings is 1. The molecule has 3 aliphatic heterocycles. The number of fused-ring (bicyclic) bond motifs is 2. The molecule has 1 atom stereocenters. The van der Waals surface area contributed by atoms with Crippen LogP contribution in [0, 0.1) is 0 Å². The van der Waals surface area contributed by atoms with E-state index >= 15 is 0 Å². The minimum absolute atomic E-state index is 0.0256. The second-order valence-electron chi connectivity index (χ2n) is 10.3. The van der Waals surface area contributed by atoms with E-state index in [9.17, 15) is 18.9 Å². The van der Waals surface area contributed by atoms with Crippen molar-refractivity contribution in [1.29, 1.82) is 0 Å². The van der Waals surface area contributed by atoms with Crippen LogP contribution in [0.2, 0.25) is 0 Å². The van der Waals surface area contributed by atoms with Crippen molar-refractivity contribution in [2.45, 2.75) is 45.5 Å². The Kier molecular flexibility index (Phi) is 7.52. The Morgan fingerprint density at radius 3 is 2.50 bits per heavy atom. The Bertz CT molecular complexity index is 1420. The van der Waals surface area contributed by atoms with Gasteiger partial charge in [-0.05, 0) is 44.0 Å². The van der Waals surface area contributed by atoms with Crippen LogP contribution < -0.4 is 9.30 Å². The molecule has 1 aromatic heterocycles. The van der Waals surface area contributed by atoms with Crippen LogP contribution in [-0.2, 0) is 40.3 Å². The number of aromatic nitrogens is 2. The van der Waals surface area contributed by atoms with E-state index in [2.05, 4.69) is 9.13 Å². The molecule has 0 unspecified atom stereocenters. The molecule has 6 rings (SSSR count). The average molecular weight is 566 g/mol. The second kappa shape index (κ2) is 11.2. The Morgan fingerprint density at radius 2 is 1.85 bits per heavy atom. The number of hydrogen-bond donors (Lipinski definition) is 0. The quantitative estimate of drug-likeness (QED) is 0.235. The molecule has 0 bridgehead atoms. The minimum atomic E-state index is -0.853. The maximum Gasteiger partial charge on any atom is 0.278 e. The summed E-state index contributed by atoms with van der Waals surface area (Å²) < 4.78 is 27.8. The highest BCUT2D eigenvalue weighted by Gasteiger charge is 2.39. The van der Waals surface area contributed by atoms with Crippen molar-refractivity contribution < 1.29 is 33.0 Å². The van der Waals surface area contributed by atoms with Gasteiger partial charge in [-0.15, -0.1) is 0 Å². The van der Waals surface area contributed by atoms with E-state index < -0.39 is 11.2 Å². The fourth-order valence-electron chi connectivity index (χ4n) is 5.83. The molecule has 3 amide bonds. The second-order valence-corrected chi connectivity index (χ2v) is 12.0. The number of carbonyl (C=O) groups is 3. The van der Waals surface area contributed by atoms with Gasteiger partial charge in [0.15, 0.2) is 17.6 Å². The highest BCUT2D eigenvalue weighted by molar-refractivity contribution is 7.91. The van der Waals surface area contributed by atoms with E-state index in [1.807, 2.05) is 25.1 Å². The summed E-state index contributed by atoms with van der Waals surface area (Å²) in [6.45, 7) is 4.97. The van der Waals surface area contributed by atoms with Crippen molar-refractivity contribution >= 4 is 39.9 Å². The van der Waals surface area contributed by atoms with Gasteiger partial charge in [0, 0.05) is 12.7 Å². The summed E-state index contributed by atoms with van der Waals surface area (Å²) in [5, 5.41) is 0. The predicted molar refractivity (Wildman–Crippen MR) is 147 cm³/mol. The van der Waals surface area contributed by atoms with Crippen molar-refractivity contribution in [3.8, 4) is 5.75 Å². The van der Waals surface area contributed by atoms with Gasteiger partial charge < -0.3 is 18.9 Å². The Morgan fingerprint density at radius 1 is 1.12 bits per heavy atom. The largest absolute Gasteiger partial charge is 0.616 e. The van der Waals surface area contributed by atoms with Crippen molar-refractivity contribution in [3.63, 3.8) is 0 Å². The van der Waals surface area contributed by atoms with Crippen molar-refractivity contribution in [3.05, 3.63) is 59.4 Å². The average Bonchev–Trinajstić information content (AvgIpc) is 3.65. The van der Waals surface area contributed by atoms with E-state index in [1.165, 1.54) is 4.90 Å². The minimum Gasteiger partial charge on any atom is -0.616 e. The molecule has 11 heteroatoms. The normalized spacial score (nSPS) is 19.6. The third kappa shape index (κ3) is 4.97. The summed E-state index contributed by atoms with van der Waals surface area (Å²) in [5.74, 6) is 1.69. The molecule has 0 aliphatic carbocycles. The SMILES string of the molecule is CC[n+]1c(CN2C(=O)c3ccccc3C2=O)n(C[C@@H]2CCCO2)c2cc(OCC(=O)N3CC[S+]([O-])CC3)ccc21. The molecule has 10 nitrogen and oxygen atoms in total. The van der Waals surface area contributed by atoms with E-state index in [0.717, 1.165) is 29.7 Å². The zero-order chi connectivity index (χ0) is 27.8. The molecule has 2 saturated heterocycles. The highest BCUT2D eigenvalue weighted by atomic mass is 32.2. The van der Waals surface area contributed by atoms with Crippen molar-refractivity contribution in [2.24, 2.45) is 0 Å². The molecule has 3 aliphatic rings. The molecule has 40 heavy (non-hydrogen) atoms. The molecule has 3 aromatic rings. The summed E-state index contributed by atoms with van der Waals surface area (Å²) in [7, 11) is 0. The number of imide groups is 1. The Labute approximate surface area is 235 Å². The maximum absolute atomic E-state index is 13.2. The molecule has 4 heterocycles. The molecule has 0 spiro atoms. The Hall–Kier alpha value is -3.41. The fraction of sp³-hybridized carbons (Fsp3) is 0.448. The fourth-order valence-corrected chi connectivity index (χ4v) is 6.88. The van der Waals surface area contributed by atoms with Crippen LogP contribution in [0.4, 0.5) is 0 Å². The van der Waals surface area contributed by atoms with E-state index in [-0.39, 0.29) is 37.0 Å². The van der Waals surface area contributed by atoms with Crippen molar-refractivity contribution in [2.75, 3.05) is 37.8 Å². The number of amides is 3. The zero-order valence-corrected chi connectivity index (χ0v) is 23.4. The van der Waals surface area contributed by atoms with Gasteiger partial charge in [0.05, 0.1) is 36.9 Å². The molecule has 0 radical (unpaired) electrons. The van der Waals surface area contributed by atoms with Crippen LogP contribution >= 0.6 is 0 Å². The number of hydrogen-bond acceptors (Lipinski definition) is 6. The summed E-state index contributed by atoms with van der Waals surface area (Å²) in [6, 6.07) is 12.6. The van der Waals surface area contributed by atoms with Crippen LogP contribution in [0.3, 0.4) is 0 Å². The molecule has 2 fully saturated rings. The van der Waals surface area contributed by atoms with E-state index in [1.54, 1.807) is 29.2 Å². The third-order valence-corrected chi connectivity index (χ3v) is 9.22. The highest BCUT2D eigenvalue weighted by Crippen LogP contribution is 2.28. The summed E-state index contributed by atoms with van der Waals surface area (Å²) in [4.78, 5) is 42.2. The first-order valence-corrected chi connectivity index (χ1v) is 15.3. The third-order valence-electron chi connectivity index (χ3n) is 7.95. The number of ether oxygens (including phenoxy) is 2. The van der Waals surface area contributed by atoms with Gasteiger partial charge in [0.2, 0.25) is 0 Å². The van der Waals surface area contributed by atoms with Gasteiger partial charge in [-0.3, -0.25) is 19.3 Å². The van der Waals surface area contributed by atoms with Crippen LogP contribution in [0.25, 0.3) is 11.0 Å². The first kappa shape index (κ1) is 26.8. The van der Waals surface area contributed by atoms with Gasteiger partial charge in [0.1, 0.15) is 30.3 Å². The summed E-state index contributed by atoms with van der Waals surface area (Å²) in [5.41, 5.74) is 2.70. The summed E-state index contributed by atoms with van der Waals surface area (Å²) in [6.07, 6.45) is 1.95. The van der Waals surface area contributed by atoms with E-state index in [4.69, 9.17) is 9.47 Å². The van der Waals surface area contributed by atoms with E-state index in [0.29, 0.717) is 61.2 Å². The van der Waals surface area contributed by atoms with Crippen LogP contribution in [0.5, 0.6) is 5.75 Å². The number of rotatable bonds is 8. The lowest BCUT2D eigenvalue weighted by atomic mass is 10.1. The molecule has 210 valence electrons. The van der Waals surface area contributed by atoms with Gasteiger partial charge in [-0.2, -0.15) is 0 Å². The lowest BCUT2D eigenvalue weighted by molar-refractivity contribution is -0.677. The smallest absolute Gasteiger partial charge is 0.278 e. The van der Waals surface area contributed by atoms with Gasteiger partial charge in [-0.25, -0.2) is 9.13 Å². The molecular formula is C29H33N4O6S+. The van der Waals surface area contributed by atoms with Crippen LogP contribution in [0.15, 0.2) is 42.5 Å². The Balaban J connectivity index is 1.31. The monoisotopic (exact) mass is 565 g/mol. The van der Waals surface area contributed by atoms with Gasteiger partial charge in [-0.1, -0.05) is 23.3 Å². The zero-order valence-electron chi connectivity index (χ0n) is 22.5. The van der Waals surface area contributed by atoms with Crippen molar-refractivity contribution in [1.82, 2.24) is 14.4 Å². The first-order chi connectivity index (χ1) is 19.4. The molecule has 0 N–H and O–H groups in total. The summed E-state index contributed by atoms with van der Waals surface area (Å²) >= 11 is -0.853. The topological polar surface area (TPSA) is 108 Å². The lowest BCUT2D eigenvalue weighted by Crippen LogP contribution is -2.45. The van der Waals surface area contributed by atoms with Crippen LogP contribution in [0.1, 0.15) is 46.3 Å². The molecule has 2 aromatic carbocycles. The van der Waals surface area contributed by atoms with Crippen LogP contribution in [-0.4, -0.2) is 80.6 Å². The first-order valence-electron chi connectivity index (χ1n) is 13.8. The maximum atomic E-state index is 13.2. The lowest BCUT2D eigenvalue weighted by Gasteiger charge is -2.28. The van der Waals surface area contributed by atoms with Gasteiger partial charge in [0.25, 0.3) is 23.5 Å². The predicted octanol–water partition coefficient (Wildman–Crippen LogP) is 1.89. The number of nitrogens with zero attached hydrogens (tertiary/aromatic N) is 4. The van der Waals surface area contributed by atoms with Gasteiger partial charge >= 0.3 is 0 Å². The molecule has 0 saturated carbocycles. The number of aryl methyl sites for hydroxylation is 1. The standard InChI is InChI=1S/C29H33N4O6S/c1-2-31-24-10-9-20(39-19-27(34)30-11-14-40(37)15-12-30)16-25(24)32(17-21-6-5-13-38-21)26(31)18-33-28(35)22-7-3-4-8-23(22)29(33)36/h3-4,7-10,16,21H,2,5-6,11-15,17-19H2,1H3/q+1/t21-/m0/s1. The molecular weight excluding hydrogens is 532 g/mol.